The summed E-state index contributed by atoms with van der Waals surface area (Å²) in [5, 5.41) is 11.0. The van der Waals surface area contributed by atoms with E-state index in [-0.39, 0.29) is 23.4 Å². The van der Waals surface area contributed by atoms with Gasteiger partial charge in [0.25, 0.3) is 11.7 Å². The molecule has 0 radical (unpaired) electrons. The highest BCUT2D eigenvalue weighted by molar-refractivity contribution is 6.46. The molecule has 1 aliphatic rings. The third-order valence-corrected chi connectivity index (χ3v) is 5.17. The molecule has 2 aromatic carbocycles. The minimum Gasteiger partial charge on any atom is -0.507 e. The lowest BCUT2D eigenvalue weighted by Gasteiger charge is -2.26. The van der Waals surface area contributed by atoms with Crippen LogP contribution in [0.4, 0.5) is 4.39 Å². The highest BCUT2D eigenvalue weighted by atomic mass is 19.1. The molecule has 1 amide bonds. The van der Waals surface area contributed by atoms with E-state index in [1.54, 1.807) is 48.8 Å². The number of hydrogen-bond acceptors (Lipinski definition) is 5. The number of nitrogens with zero attached hydrogens (tertiary/aromatic N) is 2. The van der Waals surface area contributed by atoms with Crippen LogP contribution < -0.4 is 4.74 Å². The average molecular weight is 418 g/mol. The Bertz CT molecular complexity index is 1160. The number of Topliss-reactive ketones (excluding diaryl/α,β-unsaturated/α-hetero) is 1. The molecule has 0 spiro atoms. The maximum absolute atomic E-state index is 13.4. The third kappa shape index (κ3) is 3.77. The van der Waals surface area contributed by atoms with Crippen molar-refractivity contribution in [1.82, 2.24) is 9.88 Å². The van der Waals surface area contributed by atoms with Gasteiger partial charge in [-0.1, -0.05) is 24.3 Å². The molecule has 1 aromatic heterocycles. The summed E-state index contributed by atoms with van der Waals surface area (Å²) < 4.78 is 18.8. The Balaban J connectivity index is 1.90. The zero-order valence-corrected chi connectivity index (χ0v) is 16.7. The number of ether oxygens (including phenoxy) is 1. The highest BCUT2D eigenvalue weighted by Gasteiger charge is 2.47. The van der Waals surface area contributed by atoms with Crippen LogP contribution in [0.3, 0.4) is 0 Å². The van der Waals surface area contributed by atoms with E-state index >= 15 is 0 Å². The first-order valence-corrected chi connectivity index (χ1v) is 9.57. The van der Waals surface area contributed by atoms with E-state index in [1.807, 2.05) is 0 Å². The molecule has 1 atom stereocenters. The molecule has 1 unspecified atom stereocenters. The van der Waals surface area contributed by atoms with Crippen LogP contribution in [0.2, 0.25) is 0 Å². The number of halogens is 1. The standard InChI is InChI=1S/C24H19FN2O4/c1-31-19-7-3-2-6-18(19)21-20(22(28)16-8-10-17(25)11-9-16)23(29)24(30)27(21)14-15-5-4-12-26-13-15/h2-13,21,28H,14H2,1H3/b22-20+. The van der Waals surface area contributed by atoms with Gasteiger partial charge in [0.1, 0.15) is 17.3 Å². The number of rotatable bonds is 5. The van der Waals surface area contributed by atoms with Gasteiger partial charge in [0.05, 0.1) is 18.7 Å². The van der Waals surface area contributed by atoms with Gasteiger partial charge < -0.3 is 14.7 Å². The van der Waals surface area contributed by atoms with Gasteiger partial charge >= 0.3 is 0 Å². The van der Waals surface area contributed by atoms with Crippen LogP contribution in [0.25, 0.3) is 5.76 Å². The van der Waals surface area contributed by atoms with Crippen molar-refractivity contribution in [3.05, 3.63) is 101 Å². The van der Waals surface area contributed by atoms with Gasteiger partial charge in [-0.05, 0) is 42.0 Å². The predicted molar refractivity (Wildman–Crippen MR) is 111 cm³/mol. The second kappa shape index (κ2) is 8.39. The predicted octanol–water partition coefficient (Wildman–Crippen LogP) is 3.85. The Morgan fingerprint density at radius 3 is 2.52 bits per heavy atom. The van der Waals surface area contributed by atoms with Crippen molar-refractivity contribution >= 4 is 17.4 Å². The number of aliphatic hydroxyl groups excluding tert-OH is 1. The van der Waals surface area contributed by atoms with Crippen LogP contribution >= 0.6 is 0 Å². The molecule has 1 N–H and O–H groups in total. The maximum Gasteiger partial charge on any atom is 0.295 e. The van der Waals surface area contributed by atoms with Gasteiger partial charge in [0.15, 0.2) is 0 Å². The Labute approximate surface area is 178 Å². The van der Waals surface area contributed by atoms with Crippen molar-refractivity contribution in [2.24, 2.45) is 0 Å². The van der Waals surface area contributed by atoms with E-state index in [2.05, 4.69) is 4.98 Å². The first-order chi connectivity index (χ1) is 15.0. The summed E-state index contributed by atoms with van der Waals surface area (Å²) in [6, 6.07) is 14.7. The fraction of sp³-hybridized carbons (Fsp3) is 0.125. The first kappa shape index (κ1) is 20.3. The average Bonchev–Trinajstić information content (AvgIpc) is 3.04. The van der Waals surface area contributed by atoms with E-state index in [4.69, 9.17) is 4.74 Å². The molecule has 6 nitrogen and oxygen atoms in total. The summed E-state index contributed by atoms with van der Waals surface area (Å²) in [7, 11) is 1.49. The highest BCUT2D eigenvalue weighted by Crippen LogP contribution is 2.43. The zero-order chi connectivity index (χ0) is 22.0. The van der Waals surface area contributed by atoms with E-state index < -0.39 is 23.5 Å². The van der Waals surface area contributed by atoms with E-state index in [0.29, 0.717) is 11.3 Å². The van der Waals surface area contributed by atoms with Crippen molar-refractivity contribution in [1.29, 1.82) is 0 Å². The second-order valence-corrected chi connectivity index (χ2v) is 7.04. The van der Waals surface area contributed by atoms with Crippen LogP contribution in [0.5, 0.6) is 5.75 Å². The van der Waals surface area contributed by atoms with Crippen molar-refractivity contribution < 1.29 is 23.8 Å². The fourth-order valence-electron chi connectivity index (χ4n) is 3.71. The molecule has 1 aliphatic heterocycles. The van der Waals surface area contributed by atoms with Crippen LogP contribution in [0, 0.1) is 5.82 Å². The third-order valence-electron chi connectivity index (χ3n) is 5.17. The molecule has 7 heteroatoms. The SMILES string of the molecule is COc1ccccc1C1/C(=C(\O)c2ccc(F)cc2)C(=O)C(=O)N1Cc1cccnc1. The molecule has 0 saturated carbocycles. The monoisotopic (exact) mass is 418 g/mol. The van der Waals surface area contributed by atoms with Gasteiger partial charge in [-0.2, -0.15) is 0 Å². The summed E-state index contributed by atoms with van der Waals surface area (Å²) in [6.07, 6.45) is 3.22. The molecule has 1 fully saturated rings. The number of pyridine rings is 1. The summed E-state index contributed by atoms with van der Waals surface area (Å²) >= 11 is 0. The van der Waals surface area contributed by atoms with Gasteiger partial charge in [-0.15, -0.1) is 0 Å². The molecule has 4 rings (SSSR count). The van der Waals surface area contributed by atoms with Crippen molar-refractivity contribution in [3.8, 4) is 5.75 Å². The number of carbonyl (C=O) groups is 2. The molecule has 2 heterocycles. The summed E-state index contributed by atoms with van der Waals surface area (Å²) in [4.78, 5) is 31.5. The number of amides is 1. The number of ketones is 1. The number of para-hydroxylation sites is 1. The van der Waals surface area contributed by atoms with Gasteiger partial charge in [-0.25, -0.2) is 4.39 Å². The Hall–Kier alpha value is -4.00. The number of aromatic nitrogens is 1. The number of methoxy groups -OCH3 is 1. The number of hydrogen-bond donors (Lipinski definition) is 1. The minimum atomic E-state index is -0.888. The summed E-state index contributed by atoms with van der Waals surface area (Å²) in [6.45, 7) is 0.112. The fourth-order valence-corrected chi connectivity index (χ4v) is 3.71. The molecule has 0 aliphatic carbocycles. The largest absolute Gasteiger partial charge is 0.507 e. The van der Waals surface area contributed by atoms with Crippen molar-refractivity contribution in [2.45, 2.75) is 12.6 Å². The quantitative estimate of drug-likeness (QED) is 0.387. The lowest BCUT2D eigenvalue weighted by Crippen LogP contribution is -2.29. The zero-order valence-electron chi connectivity index (χ0n) is 16.7. The van der Waals surface area contributed by atoms with Crippen LogP contribution in [0.1, 0.15) is 22.7 Å². The van der Waals surface area contributed by atoms with Crippen LogP contribution in [-0.2, 0) is 16.1 Å². The normalized spacial score (nSPS) is 17.7. The number of aliphatic hydroxyl groups is 1. The van der Waals surface area contributed by atoms with E-state index in [1.165, 1.54) is 36.3 Å². The molecule has 1 saturated heterocycles. The van der Waals surface area contributed by atoms with Crippen molar-refractivity contribution in [3.63, 3.8) is 0 Å². The molecular formula is C24H19FN2O4. The van der Waals surface area contributed by atoms with E-state index in [9.17, 15) is 19.1 Å². The minimum absolute atomic E-state index is 0.0787. The molecule has 156 valence electrons. The topological polar surface area (TPSA) is 79.7 Å². The lowest BCUT2D eigenvalue weighted by atomic mass is 9.94. The summed E-state index contributed by atoms with van der Waals surface area (Å²) in [5.74, 6) is -1.95. The Morgan fingerprint density at radius 1 is 1.10 bits per heavy atom. The number of likely N-dealkylation sites (tertiary alicyclic amines) is 1. The first-order valence-electron chi connectivity index (χ1n) is 9.57. The molecule has 0 bridgehead atoms. The second-order valence-electron chi connectivity index (χ2n) is 7.04. The summed E-state index contributed by atoms with van der Waals surface area (Å²) in [5.41, 5.74) is 1.44. The molecular weight excluding hydrogens is 399 g/mol. The molecule has 31 heavy (non-hydrogen) atoms. The number of benzene rings is 2. The smallest absolute Gasteiger partial charge is 0.295 e. The Kier molecular flexibility index (Phi) is 5.49. The van der Waals surface area contributed by atoms with E-state index in [0.717, 1.165) is 5.56 Å². The maximum atomic E-state index is 13.4. The van der Waals surface area contributed by atoms with Crippen molar-refractivity contribution in [2.75, 3.05) is 7.11 Å². The Morgan fingerprint density at radius 2 is 1.84 bits per heavy atom. The molecule has 3 aromatic rings. The van der Waals surface area contributed by atoms with Gasteiger partial charge in [0, 0.05) is 30.1 Å². The van der Waals surface area contributed by atoms with Gasteiger partial charge in [0.2, 0.25) is 0 Å². The van der Waals surface area contributed by atoms with Gasteiger partial charge in [-0.3, -0.25) is 14.6 Å². The van der Waals surface area contributed by atoms with Crippen LogP contribution in [0.15, 0.2) is 78.6 Å². The number of carbonyl (C=O) groups excluding carboxylic acids is 2. The lowest BCUT2D eigenvalue weighted by molar-refractivity contribution is -0.140. The van der Waals surface area contributed by atoms with Crippen LogP contribution in [-0.4, -0.2) is 33.8 Å².